The standard InChI is InChI=1S/C44H49N5O7/c1-47(21-20-45-25-40(51)36-15-17-39(50)43-37(36)16-18-41(52)46-43)42(53)19-22-56-34-13-11-29(12-14-34)26-48-27-31-23-33(24-32(31)28-48)49(44(54)55)38-10-6-5-9-35(38)30-7-3-2-4-8-30/h2-18,31-33,40,45,50-51H,19-28H2,1H3,(H,46,52)(H,54,55)/t31-,32+,33?,40-/m0/s1. The van der Waals surface area contributed by atoms with Gasteiger partial charge in [0.1, 0.15) is 11.5 Å². The van der Waals surface area contributed by atoms with Gasteiger partial charge in [0, 0.05) is 69.4 Å². The molecule has 1 aliphatic heterocycles. The summed E-state index contributed by atoms with van der Waals surface area (Å²) in [6.45, 7) is 4.11. The number of rotatable bonds is 15. The number of carbonyl (C=O) groups is 2. The van der Waals surface area contributed by atoms with Crippen LogP contribution < -0.4 is 20.5 Å². The molecule has 1 aromatic heterocycles. The maximum Gasteiger partial charge on any atom is 0.412 e. The van der Waals surface area contributed by atoms with Crippen molar-refractivity contribution in [3.63, 3.8) is 0 Å². The van der Waals surface area contributed by atoms with Crippen molar-refractivity contribution >= 4 is 28.6 Å². The number of phenols is 1. The van der Waals surface area contributed by atoms with Gasteiger partial charge in [-0.05, 0) is 71.7 Å². The van der Waals surface area contributed by atoms with Crippen LogP contribution in [0.5, 0.6) is 11.5 Å². The van der Waals surface area contributed by atoms with Crippen LogP contribution in [0.1, 0.15) is 36.5 Å². The number of aliphatic hydroxyl groups excluding tert-OH is 1. The fourth-order valence-corrected chi connectivity index (χ4v) is 8.37. The first kappa shape index (κ1) is 38.6. The molecule has 2 aliphatic rings. The molecule has 292 valence electrons. The molecule has 2 amide bonds. The number of benzene rings is 4. The molecule has 2 heterocycles. The number of anilines is 1. The number of fused-ring (bicyclic) bond motifs is 2. The second-order valence-corrected chi connectivity index (χ2v) is 14.9. The number of hydrogen-bond acceptors (Lipinski definition) is 8. The minimum atomic E-state index is -0.904. The summed E-state index contributed by atoms with van der Waals surface area (Å²) in [6, 6.07) is 31.7. The number of ether oxygens (including phenoxy) is 1. The van der Waals surface area contributed by atoms with Crippen molar-refractivity contribution < 1.29 is 29.6 Å². The number of likely N-dealkylation sites (N-methyl/N-ethyl adjacent to an activating group) is 1. The molecule has 4 aromatic carbocycles. The van der Waals surface area contributed by atoms with Gasteiger partial charge in [0.15, 0.2) is 0 Å². The molecule has 0 spiro atoms. The second-order valence-electron chi connectivity index (χ2n) is 14.9. The fourth-order valence-electron chi connectivity index (χ4n) is 8.37. The van der Waals surface area contributed by atoms with Gasteiger partial charge < -0.3 is 35.3 Å². The zero-order valence-corrected chi connectivity index (χ0v) is 31.5. The Morgan fingerprint density at radius 2 is 1.64 bits per heavy atom. The number of aromatic nitrogens is 1. The molecule has 1 saturated carbocycles. The summed E-state index contributed by atoms with van der Waals surface area (Å²) in [5, 5.41) is 35.0. The van der Waals surface area contributed by atoms with E-state index in [1.165, 1.54) is 17.7 Å². The van der Waals surface area contributed by atoms with Crippen molar-refractivity contribution in [3.8, 4) is 22.6 Å². The van der Waals surface area contributed by atoms with E-state index in [1.807, 2.05) is 66.7 Å². The molecule has 1 aliphatic carbocycles. The first-order chi connectivity index (χ1) is 27.1. The lowest BCUT2D eigenvalue weighted by atomic mass is 10.0. The van der Waals surface area contributed by atoms with E-state index in [0.717, 1.165) is 49.3 Å². The van der Waals surface area contributed by atoms with Crippen LogP contribution >= 0.6 is 0 Å². The number of aliphatic hydroxyl groups is 1. The van der Waals surface area contributed by atoms with Gasteiger partial charge in [0.05, 0.1) is 30.3 Å². The minimum Gasteiger partial charge on any atom is -0.506 e. The monoisotopic (exact) mass is 759 g/mol. The van der Waals surface area contributed by atoms with Crippen molar-refractivity contribution in [3.05, 3.63) is 125 Å². The number of nitrogens with one attached hydrogen (secondary N) is 2. The Bertz CT molecular complexity index is 2180. The fraction of sp³-hybridized carbons (Fsp3) is 0.341. The number of para-hydroxylation sites is 1. The molecule has 0 bridgehead atoms. The molecule has 1 unspecified atom stereocenters. The second kappa shape index (κ2) is 17.4. The summed E-state index contributed by atoms with van der Waals surface area (Å²) in [5.41, 5.74) is 4.40. The van der Waals surface area contributed by atoms with Crippen molar-refractivity contribution in [2.24, 2.45) is 11.8 Å². The average Bonchev–Trinajstić information content (AvgIpc) is 3.76. The molecule has 56 heavy (non-hydrogen) atoms. The van der Waals surface area contributed by atoms with Crippen molar-refractivity contribution in [1.29, 1.82) is 0 Å². The van der Waals surface area contributed by atoms with E-state index in [0.29, 0.717) is 41.6 Å². The maximum atomic E-state index is 12.7. The van der Waals surface area contributed by atoms with Crippen molar-refractivity contribution in [1.82, 2.24) is 20.1 Å². The third-order valence-electron chi connectivity index (χ3n) is 11.2. The Morgan fingerprint density at radius 3 is 2.38 bits per heavy atom. The highest BCUT2D eigenvalue weighted by molar-refractivity contribution is 5.93. The molecular formula is C44H49N5O7. The quantitative estimate of drug-likeness (QED) is 0.0827. The number of aromatic amines is 1. The predicted molar refractivity (Wildman–Crippen MR) is 216 cm³/mol. The first-order valence-electron chi connectivity index (χ1n) is 19.2. The van der Waals surface area contributed by atoms with E-state index in [9.17, 15) is 29.7 Å². The van der Waals surface area contributed by atoms with E-state index in [1.54, 1.807) is 29.0 Å². The van der Waals surface area contributed by atoms with Crippen LogP contribution in [-0.4, -0.2) is 94.5 Å². The number of aromatic hydroxyl groups is 1. The molecule has 2 fully saturated rings. The molecule has 7 rings (SSSR count). The van der Waals surface area contributed by atoms with E-state index >= 15 is 0 Å². The van der Waals surface area contributed by atoms with Crippen molar-refractivity contribution in [2.75, 3.05) is 51.3 Å². The molecule has 12 heteroatoms. The van der Waals surface area contributed by atoms with Crippen LogP contribution in [0.15, 0.2) is 108 Å². The smallest absolute Gasteiger partial charge is 0.412 e. The maximum absolute atomic E-state index is 12.7. The number of phenolic OH excluding ortho intramolecular Hbond substituents is 1. The average molecular weight is 760 g/mol. The van der Waals surface area contributed by atoms with Gasteiger partial charge >= 0.3 is 6.09 Å². The summed E-state index contributed by atoms with van der Waals surface area (Å²) >= 11 is 0. The molecule has 4 atom stereocenters. The normalized spacial score (nSPS) is 18.4. The van der Waals surface area contributed by atoms with Crippen LogP contribution in [0.2, 0.25) is 0 Å². The zero-order valence-electron chi connectivity index (χ0n) is 31.5. The Balaban J connectivity index is 0.817. The summed E-state index contributed by atoms with van der Waals surface area (Å²) in [7, 11) is 1.74. The number of hydrogen-bond donors (Lipinski definition) is 5. The van der Waals surface area contributed by atoms with Gasteiger partial charge in [0.2, 0.25) is 11.5 Å². The third-order valence-corrected chi connectivity index (χ3v) is 11.2. The molecule has 5 N–H and O–H groups in total. The Labute approximate surface area is 326 Å². The van der Waals surface area contributed by atoms with E-state index < -0.39 is 12.2 Å². The van der Waals surface area contributed by atoms with Gasteiger partial charge in [-0.3, -0.25) is 19.4 Å². The van der Waals surface area contributed by atoms with Crippen LogP contribution in [-0.2, 0) is 11.3 Å². The lowest BCUT2D eigenvalue weighted by Crippen LogP contribution is -2.39. The molecule has 1 saturated heterocycles. The van der Waals surface area contributed by atoms with Gasteiger partial charge in [-0.25, -0.2) is 4.79 Å². The van der Waals surface area contributed by atoms with Gasteiger partial charge in [0.25, 0.3) is 0 Å². The van der Waals surface area contributed by atoms with Crippen LogP contribution in [0.3, 0.4) is 0 Å². The summed E-state index contributed by atoms with van der Waals surface area (Å²) in [4.78, 5) is 45.4. The van der Waals surface area contributed by atoms with Crippen LogP contribution in [0, 0.1) is 11.8 Å². The number of likely N-dealkylation sites (tertiary alicyclic amines) is 1. The van der Waals surface area contributed by atoms with E-state index in [2.05, 4.69) is 27.3 Å². The number of amides is 2. The predicted octanol–water partition coefficient (Wildman–Crippen LogP) is 5.85. The molecular weight excluding hydrogens is 711 g/mol. The SMILES string of the molecule is CN(CCNC[C@H](O)c1ccc(O)c2[nH]c(=O)ccc12)C(=O)CCOc1ccc(CN2C[C@H]3CC(N(C(=O)O)c4ccccc4-c4ccccc4)C[C@H]3C2)cc1. The number of H-pyrrole nitrogens is 1. The van der Waals surface area contributed by atoms with Gasteiger partial charge in [-0.15, -0.1) is 0 Å². The Morgan fingerprint density at radius 1 is 0.929 bits per heavy atom. The number of pyridine rings is 1. The summed E-state index contributed by atoms with van der Waals surface area (Å²) in [5.74, 6) is 1.49. The largest absolute Gasteiger partial charge is 0.506 e. The zero-order chi connectivity index (χ0) is 39.2. The van der Waals surface area contributed by atoms with Gasteiger partial charge in [-0.1, -0.05) is 66.7 Å². The molecule has 12 nitrogen and oxygen atoms in total. The van der Waals surface area contributed by atoms with Gasteiger partial charge in [-0.2, -0.15) is 0 Å². The molecule has 5 aromatic rings. The lowest BCUT2D eigenvalue weighted by Gasteiger charge is -2.29. The highest BCUT2D eigenvalue weighted by Gasteiger charge is 2.44. The Hall–Kier alpha value is -5.69. The van der Waals surface area contributed by atoms with Crippen LogP contribution in [0.25, 0.3) is 22.0 Å². The third kappa shape index (κ3) is 8.89. The lowest BCUT2D eigenvalue weighted by molar-refractivity contribution is -0.130. The van der Waals surface area contributed by atoms with E-state index in [4.69, 9.17) is 4.74 Å². The number of carbonyl (C=O) groups excluding carboxylic acids is 1. The molecule has 0 radical (unpaired) electrons. The number of carboxylic acid groups (broad SMARTS) is 1. The topological polar surface area (TPSA) is 159 Å². The van der Waals surface area contributed by atoms with E-state index in [-0.39, 0.29) is 48.3 Å². The van der Waals surface area contributed by atoms with Crippen LogP contribution in [0.4, 0.5) is 10.5 Å². The summed E-state index contributed by atoms with van der Waals surface area (Å²) < 4.78 is 5.89. The highest BCUT2D eigenvalue weighted by atomic mass is 16.5. The highest BCUT2D eigenvalue weighted by Crippen LogP contribution is 2.43. The number of nitrogens with zero attached hydrogens (tertiary/aromatic N) is 3. The summed E-state index contributed by atoms with van der Waals surface area (Å²) in [6.07, 6.45) is 0.145. The minimum absolute atomic E-state index is 0.0499. The Kier molecular flexibility index (Phi) is 12.0. The van der Waals surface area contributed by atoms with Crippen molar-refractivity contribution in [2.45, 2.75) is 38.0 Å². The first-order valence-corrected chi connectivity index (χ1v) is 19.2.